The number of benzene rings is 1. The van der Waals surface area contributed by atoms with Gasteiger partial charge < -0.3 is 5.73 Å². The van der Waals surface area contributed by atoms with E-state index in [-0.39, 0.29) is 12.1 Å². The Morgan fingerprint density at radius 3 is 2.63 bits per heavy atom. The van der Waals surface area contributed by atoms with Gasteiger partial charge in [0.2, 0.25) is 0 Å². The maximum Gasteiger partial charge on any atom is 0.0745 e. The molecule has 1 aromatic heterocycles. The number of hydrogen-bond donors (Lipinski definition) is 1. The van der Waals surface area contributed by atoms with Crippen LogP contribution in [0, 0.1) is 3.57 Å². The molecule has 102 valence electrons. The van der Waals surface area contributed by atoms with Gasteiger partial charge in [-0.2, -0.15) is 5.10 Å². The summed E-state index contributed by atoms with van der Waals surface area (Å²) in [4.78, 5) is 0. The van der Waals surface area contributed by atoms with E-state index in [1.165, 1.54) is 0 Å². The highest BCUT2D eigenvalue weighted by Crippen LogP contribution is 2.32. The SMILES string of the molecule is CC(C)n1ncc(Br)c1C(N)c1cc(Br)ccc1I. The first-order chi connectivity index (χ1) is 8.91. The van der Waals surface area contributed by atoms with Gasteiger partial charge in [0.1, 0.15) is 0 Å². The molecule has 1 heterocycles. The van der Waals surface area contributed by atoms with E-state index >= 15 is 0 Å². The van der Waals surface area contributed by atoms with Crippen molar-refractivity contribution in [1.29, 1.82) is 0 Å². The highest BCUT2D eigenvalue weighted by molar-refractivity contribution is 14.1. The van der Waals surface area contributed by atoms with Crippen LogP contribution in [0.2, 0.25) is 0 Å². The molecule has 0 aliphatic heterocycles. The number of hydrogen-bond acceptors (Lipinski definition) is 2. The van der Waals surface area contributed by atoms with Gasteiger partial charge in [-0.1, -0.05) is 15.9 Å². The first-order valence-corrected chi connectivity index (χ1v) is 8.51. The van der Waals surface area contributed by atoms with Crippen molar-refractivity contribution in [3.05, 3.63) is 48.2 Å². The second-order valence-electron chi connectivity index (χ2n) is 4.56. The van der Waals surface area contributed by atoms with Crippen molar-refractivity contribution in [1.82, 2.24) is 9.78 Å². The maximum absolute atomic E-state index is 6.45. The standard InChI is InChI=1S/C13H14Br2IN3/c1-7(2)19-13(10(15)6-18-19)12(17)9-5-8(14)3-4-11(9)16/h3-7,12H,17H2,1-2H3. The lowest BCUT2D eigenvalue weighted by Gasteiger charge is -2.19. The van der Waals surface area contributed by atoms with Crippen molar-refractivity contribution in [2.75, 3.05) is 0 Å². The average molecular weight is 499 g/mol. The summed E-state index contributed by atoms with van der Waals surface area (Å²) in [6.07, 6.45) is 1.81. The number of halogens is 3. The fourth-order valence-electron chi connectivity index (χ4n) is 1.95. The molecule has 0 spiro atoms. The summed E-state index contributed by atoms with van der Waals surface area (Å²) in [7, 11) is 0. The minimum Gasteiger partial charge on any atom is -0.319 e. The van der Waals surface area contributed by atoms with Crippen molar-refractivity contribution in [2.45, 2.75) is 25.9 Å². The molecule has 2 N–H and O–H groups in total. The molecule has 0 aliphatic carbocycles. The molecule has 3 nitrogen and oxygen atoms in total. The molecule has 1 unspecified atom stereocenters. The molecule has 1 aromatic carbocycles. The number of rotatable bonds is 3. The van der Waals surface area contributed by atoms with E-state index in [0.717, 1.165) is 23.8 Å². The summed E-state index contributed by atoms with van der Waals surface area (Å²) in [6, 6.07) is 6.22. The minimum atomic E-state index is -0.205. The summed E-state index contributed by atoms with van der Waals surface area (Å²) in [5.41, 5.74) is 8.55. The Bertz CT molecular complexity index is 596. The van der Waals surface area contributed by atoms with Crippen LogP contribution >= 0.6 is 54.5 Å². The zero-order valence-electron chi connectivity index (χ0n) is 10.6. The first kappa shape index (κ1) is 15.5. The van der Waals surface area contributed by atoms with Crippen molar-refractivity contribution in [3.8, 4) is 0 Å². The molecule has 6 heteroatoms. The average Bonchev–Trinajstić information content (AvgIpc) is 2.73. The van der Waals surface area contributed by atoms with E-state index in [9.17, 15) is 0 Å². The van der Waals surface area contributed by atoms with Crippen LogP contribution in [-0.2, 0) is 0 Å². The number of nitrogens with zero attached hydrogens (tertiary/aromatic N) is 2. The highest BCUT2D eigenvalue weighted by atomic mass is 127. The minimum absolute atomic E-state index is 0.205. The molecular formula is C13H14Br2IN3. The van der Waals surface area contributed by atoms with Crippen molar-refractivity contribution < 1.29 is 0 Å². The molecule has 0 amide bonds. The zero-order valence-corrected chi connectivity index (χ0v) is 15.9. The van der Waals surface area contributed by atoms with E-state index in [1.807, 2.05) is 10.7 Å². The molecule has 2 rings (SSSR count). The molecule has 0 radical (unpaired) electrons. The fourth-order valence-corrected chi connectivity index (χ4v) is 3.52. The molecule has 0 bridgehead atoms. The normalized spacial score (nSPS) is 13.0. The van der Waals surface area contributed by atoms with Crippen LogP contribution in [0.3, 0.4) is 0 Å². The highest BCUT2D eigenvalue weighted by Gasteiger charge is 2.21. The number of nitrogens with two attached hydrogens (primary N) is 1. The van der Waals surface area contributed by atoms with Gasteiger partial charge in [0, 0.05) is 14.1 Å². The zero-order chi connectivity index (χ0) is 14.2. The third-order valence-electron chi connectivity index (χ3n) is 2.86. The Balaban J connectivity index is 2.52. The summed E-state index contributed by atoms with van der Waals surface area (Å²) in [6.45, 7) is 4.20. The molecule has 2 aromatic rings. The predicted octanol–water partition coefficient (Wildman–Crippen LogP) is 4.64. The van der Waals surface area contributed by atoms with Gasteiger partial charge in [-0.25, -0.2) is 0 Å². The molecule has 19 heavy (non-hydrogen) atoms. The van der Waals surface area contributed by atoms with E-state index in [4.69, 9.17) is 5.73 Å². The van der Waals surface area contributed by atoms with E-state index in [0.29, 0.717) is 0 Å². The Morgan fingerprint density at radius 2 is 2.00 bits per heavy atom. The predicted molar refractivity (Wildman–Crippen MR) is 93.2 cm³/mol. The van der Waals surface area contributed by atoms with Crippen LogP contribution in [-0.4, -0.2) is 9.78 Å². The van der Waals surface area contributed by atoms with Crippen LogP contribution in [0.4, 0.5) is 0 Å². The van der Waals surface area contributed by atoms with Gasteiger partial charge in [0.25, 0.3) is 0 Å². The van der Waals surface area contributed by atoms with E-state index in [2.05, 4.69) is 85.5 Å². The smallest absolute Gasteiger partial charge is 0.0745 e. The largest absolute Gasteiger partial charge is 0.319 e. The third kappa shape index (κ3) is 3.22. The second kappa shape index (κ2) is 6.24. The maximum atomic E-state index is 6.45. The topological polar surface area (TPSA) is 43.8 Å². The fraction of sp³-hybridized carbons (Fsp3) is 0.308. The lowest BCUT2D eigenvalue weighted by Crippen LogP contribution is -2.20. The van der Waals surface area contributed by atoms with Gasteiger partial charge >= 0.3 is 0 Å². The molecule has 0 fully saturated rings. The van der Waals surface area contributed by atoms with Gasteiger partial charge in [0.05, 0.1) is 22.4 Å². The quantitative estimate of drug-likeness (QED) is 0.626. The summed E-state index contributed by atoms with van der Waals surface area (Å²) in [5, 5.41) is 4.39. The van der Waals surface area contributed by atoms with Crippen LogP contribution in [0.1, 0.15) is 37.2 Å². The molecular weight excluding hydrogens is 485 g/mol. The van der Waals surface area contributed by atoms with E-state index in [1.54, 1.807) is 6.20 Å². The first-order valence-electron chi connectivity index (χ1n) is 5.85. The van der Waals surface area contributed by atoms with Gasteiger partial charge in [-0.15, -0.1) is 0 Å². The summed E-state index contributed by atoms with van der Waals surface area (Å²) >= 11 is 9.36. The van der Waals surface area contributed by atoms with Crippen LogP contribution < -0.4 is 5.73 Å². The van der Waals surface area contributed by atoms with Crippen molar-refractivity contribution >= 4 is 54.5 Å². The molecule has 0 saturated heterocycles. The van der Waals surface area contributed by atoms with E-state index < -0.39 is 0 Å². The monoisotopic (exact) mass is 497 g/mol. The lowest BCUT2D eigenvalue weighted by atomic mass is 10.0. The second-order valence-corrected chi connectivity index (χ2v) is 7.49. The third-order valence-corrected chi connectivity index (χ3v) is 4.95. The van der Waals surface area contributed by atoms with Crippen molar-refractivity contribution in [3.63, 3.8) is 0 Å². The van der Waals surface area contributed by atoms with Crippen molar-refractivity contribution in [2.24, 2.45) is 5.73 Å². The van der Waals surface area contributed by atoms with Gasteiger partial charge in [-0.3, -0.25) is 4.68 Å². The van der Waals surface area contributed by atoms with Gasteiger partial charge in [0.15, 0.2) is 0 Å². The summed E-state index contributed by atoms with van der Waals surface area (Å²) < 4.78 is 5.09. The molecule has 0 saturated carbocycles. The molecule has 0 aliphatic rings. The lowest BCUT2D eigenvalue weighted by molar-refractivity contribution is 0.498. The Morgan fingerprint density at radius 1 is 1.32 bits per heavy atom. The van der Waals surface area contributed by atoms with Crippen LogP contribution in [0.5, 0.6) is 0 Å². The Kier molecular flexibility index (Phi) is 5.08. The van der Waals surface area contributed by atoms with Crippen LogP contribution in [0.15, 0.2) is 33.3 Å². The van der Waals surface area contributed by atoms with Gasteiger partial charge in [-0.05, 0) is 76.1 Å². The number of aromatic nitrogens is 2. The van der Waals surface area contributed by atoms with Crippen LogP contribution in [0.25, 0.3) is 0 Å². The summed E-state index contributed by atoms with van der Waals surface area (Å²) in [5.74, 6) is 0. The Hall–Kier alpha value is 0.0800. The molecule has 1 atom stereocenters. The Labute approximate surface area is 143 Å².